The van der Waals surface area contributed by atoms with Crippen LogP contribution in [0.4, 0.5) is 5.69 Å². The van der Waals surface area contributed by atoms with Crippen LogP contribution in [-0.4, -0.2) is 28.4 Å². The maximum Gasteiger partial charge on any atom is 0.240 e. The first-order chi connectivity index (χ1) is 11.7. The third kappa shape index (κ3) is 4.32. The Kier molecular flexibility index (Phi) is 5.07. The maximum atomic E-state index is 12.0. The molecule has 1 aromatic heterocycles. The topological polar surface area (TPSA) is 96.1 Å². The van der Waals surface area contributed by atoms with Crippen LogP contribution in [0.15, 0.2) is 63.3 Å². The molecule has 122 valence electrons. The molecule has 0 unspecified atom stereocenters. The second-order valence-corrected chi connectivity index (χ2v) is 6.07. The van der Waals surface area contributed by atoms with E-state index in [1.54, 1.807) is 24.3 Å². The van der Waals surface area contributed by atoms with E-state index in [0.29, 0.717) is 16.6 Å². The molecule has 8 heteroatoms. The number of thioether (sulfide) groups is 1. The molecule has 0 saturated carbocycles. The van der Waals surface area contributed by atoms with Gasteiger partial charge in [-0.25, -0.2) is 0 Å². The summed E-state index contributed by atoms with van der Waals surface area (Å²) in [5.41, 5.74) is 0.697. The summed E-state index contributed by atoms with van der Waals surface area (Å²) in [5, 5.41) is 13.0. The van der Waals surface area contributed by atoms with Crippen molar-refractivity contribution >= 4 is 40.6 Å². The predicted molar refractivity (Wildman–Crippen MR) is 92.9 cm³/mol. The maximum absolute atomic E-state index is 12.0. The van der Waals surface area contributed by atoms with Crippen molar-refractivity contribution in [3.63, 3.8) is 0 Å². The van der Waals surface area contributed by atoms with E-state index in [9.17, 15) is 9.59 Å². The zero-order valence-corrected chi connectivity index (χ0v) is 13.3. The van der Waals surface area contributed by atoms with Gasteiger partial charge >= 0.3 is 0 Å². The van der Waals surface area contributed by atoms with E-state index in [1.165, 1.54) is 24.2 Å². The monoisotopic (exact) mass is 342 g/mol. The number of carbonyl (C=O) groups excluding carboxylic acids is 2. The highest BCUT2D eigenvalue weighted by atomic mass is 32.2. The van der Waals surface area contributed by atoms with Crippen LogP contribution in [0.1, 0.15) is 12.2 Å². The zero-order valence-electron chi connectivity index (χ0n) is 12.5. The Bertz CT molecular complexity index is 772. The Morgan fingerprint density at radius 1 is 1.29 bits per heavy atom. The molecule has 1 aliphatic heterocycles. The number of para-hydroxylation sites is 1. The minimum Gasteiger partial charge on any atom is -0.463 e. The quantitative estimate of drug-likeness (QED) is 0.643. The Morgan fingerprint density at radius 2 is 2.12 bits per heavy atom. The number of anilines is 1. The summed E-state index contributed by atoms with van der Waals surface area (Å²) in [6, 6.07) is 12.6. The highest BCUT2D eigenvalue weighted by molar-refractivity contribution is 8.15. The molecule has 1 aliphatic rings. The Balaban J connectivity index is 1.54. The average Bonchev–Trinajstić information content (AvgIpc) is 3.19. The van der Waals surface area contributed by atoms with Gasteiger partial charge in [-0.2, -0.15) is 5.10 Å². The van der Waals surface area contributed by atoms with Crippen molar-refractivity contribution in [1.29, 1.82) is 0 Å². The Hall–Kier alpha value is -2.87. The van der Waals surface area contributed by atoms with Crippen LogP contribution in [0.25, 0.3) is 0 Å². The molecular weight excluding hydrogens is 328 g/mol. The molecule has 2 aromatic rings. The molecular formula is C16H14N4O3S. The molecule has 1 saturated heterocycles. The molecule has 2 heterocycles. The average molecular weight is 342 g/mol. The molecule has 1 fully saturated rings. The summed E-state index contributed by atoms with van der Waals surface area (Å²) in [7, 11) is 0. The number of hydrogen-bond acceptors (Lipinski definition) is 6. The first kappa shape index (κ1) is 16.0. The lowest BCUT2D eigenvalue weighted by molar-refractivity contribution is -0.122. The Morgan fingerprint density at radius 3 is 2.88 bits per heavy atom. The summed E-state index contributed by atoms with van der Waals surface area (Å²) in [5.74, 6) is 0.0804. The van der Waals surface area contributed by atoms with Gasteiger partial charge < -0.3 is 15.1 Å². The minimum absolute atomic E-state index is 0.0618. The van der Waals surface area contributed by atoms with Crippen LogP contribution in [0.2, 0.25) is 0 Å². The fourth-order valence-corrected chi connectivity index (χ4v) is 2.92. The first-order valence-corrected chi connectivity index (χ1v) is 8.05. The number of amides is 2. The van der Waals surface area contributed by atoms with E-state index >= 15 is 0 Å². The van der Waals surface area contributed by atoms with E-state index in [2.05, 4.69) is 20.8 Å². The van der Waals surface area contributed by atoms with Gasteiger partial charge in [0.1, 0.15) is 11.0 Å². The summed E-state index contributed by atoms with van der Waals surface area (Å²) in [4.78, 5) is 23.9. The van der Waals surface area contributed by atoms with Crippen LogP contribution in [0.5, 0.6) is 0 Å². The van der Waals surface area contributed by atoms with Gasteiger partial charge in [0, 0.05) is 12.1 Å². The van der Waals surface area contributed by atoms with Crippen molar-refractivity contribution in [2.45, 2.75) is 11.7 Å². The standard InChI is InChI=1S/C16H14N4O3S/c21-14(18-11-5-2-1-3-6-11)9-13-15(22)19-16(24-13)20-17-10-12-7-4-8-23-12/h1-8,10,13H,9H2,(H,18,21)(H,19,20,22)/b17-10-/t13-/m1/s1. The lowest BCUT2D eigenvalue weighted by atomic mass is 10.2. The Labute approximate surface area is 142 Å². The molecule has 0 spiro atoms. The van der Waals surface area contributed by atoms with E-state index in [-0.39, 0.29) is 18.2 Å². The van der Waals surface area contributed by atoms with E-state index < -0.39 is 5.25 Å². The number of carbonyl (C=O) groups is 2. The molecule has 1 atom stereocenters. The van der Waals surface area contributed by atoms with Crippen molar-refractivity contribution in [1.82, 2.24) is 5.32 Å². The number of furan rings is 1. The number of nitrogens with zero attached hydrogens (tertiary/aromatic N) is 2. The van der Waals surface area contributed by atoms with E-state index in [1.807, 2.05) is 18.2 Å². The zero-order chi connectivity index (χ0) is 16.8. The molecule has 0 radical (unpaired) electrons. The van der Waals surface area contributed by atoms with Gasteiger partial charge in [0.15, 0.2) is 5.17 Å². The molecule has 7 nitrogen and oxygen atoms in total. The number of hydrogen-bond donors (Lipinski definition) is 2. The number of nitrogens with one attached hydrogen (secondary N) is 2. The summed E-state index contributed by atoms with van der Waals surface area (Å²) in [6.45, 7) is 0. The highest BCUT2D eigenvalue weighted by Crippen LogP contribution is 2.23. The van der Waals surface area contributed by atoms with Gasteiger partial charge in [0.05, 0.1) is 12.5 Å². The normalized spacial score (nSPS) is 18.9. The summed E-state index contributed by atoms with van der Waals surface area (Å²) < 4.78 is 5.08. The van der Waals surface area contributed by atoms with Crippen LogP contribution in [0, 0.1) is 0 Å². The van der Waals surface area contributed by atoms with Crippen molar-refractivity contribution in [2.24, 2.45) is 10.2 Å². The molecule has 2 amide bonds. The second kappa shape index (κ2) is 7.60. The number of amidine groups is 1. The fraction of sp³-hybridized carbons (Fsp3) is 0.125. The molecule has 24 heavy (non-hydrogen) atoms. The lowest BCUT2D eigenvalue weighted by Crippen LogP contribution is -2.28. The largest absolute Gasteiger partial charge is 0.463 e. The van der Waals surface area contributed by atoms with Gasteiger partial charge in [-0.05, 0) is 24.3 Å². The van der Waals surface area contributed by atoms with Gasteiger partial charge in [-0.1, -0.05) is 30.0 Å². The van der Waals surface area contributed by atoms with Crippen molar-refractivity contribution < 1.29 is 14.0 Å². The minimum atomic E-state index is -0.522. The smallest absolute Gasteiger partial charge is 0.240 e. The molecule has 0 aliphatic carbocycles. The molecule has 3 rings (SSSR count). The van der Waals surface area contributed by atoms with Gasteiger partial charge in [-0.15, -0.1) is 5.10 Å². The van der Waals surface area contributed by atoms with Gasteiger partial charge in [0.2, 0.25) is 11.8 Å². The van der Waals surface area contributed by atoms with Crippen molar-refractivity contribution in [2.75, 3.05) is 5.32 Å². The third-order valence-electron chi connectivity index (χ3n) is 3.08. The predicted octanol–water partition coefficient (Wildman–Crippen LogP) is 2.23. The summed E-state index contributed by atoms with van der Waals surface area (Å²) in [6.07, 6.45) is 3.03. The van der Waals surface area contributed by atoms with E-state index in [4.69, 9.17) is 4.42 Å². The van der Waals surface area contributed by atoms with Crippen LogP contribution in [0.3, 0.4) is 0 Å². The van der Waals surface area contributed by atoms with Gasteiger partial charge in [-0.3, -0.25) is 9.59 Å². The molecule has 1 aromatic carbocycles. The number of rotatable bonds is 5. The summed E-state index contributed by atoms with van der Waals surface area (Å²) >= 11 is 1.18. The fourth-order valence-electron chi connectivity index (χ4n) is 1.99. The molecule has 2 N–H and O–H groups in total. The highest BCUT2D eigenvalue weighted by Gasteiger charge is 2.32. The molecule has 0 bridgehead atoms. The SMILES string of the molecule is O=C(C[C@H]1S/C(=N/N=C\c2ccco2)NC1=O)Nc1ccccc1. The second-order valence-electron chi connectivity index (χ2n) is 4.88. The van der Waals surface area contributed by atoms with Crippen molar-refractivity contribution in [3.8, 4) is 0 Å². The van der Waals surface area contributed by atoms with Crippen LogP contribution >= 0.6 is 11.8 Å². The van der Waals surface area contributed by atoms with Crippen molar-refractivity contribution in [3.05, 3.63) is 54.5 Å². The third-order valence-corrected chi connectivity index (χ3v) is 4.15. The first-order valence-electron chi connectivity index (χ1n) is 7.17. The van der Waals surface area contributed by atoms with Gasteiger partial charge in [0.25, 0.3) is 0 Å². The van der Waals surface area contributed by atoms with Crippen LogP contribution < -0.4 is 10.6 Å². The van der Waals surface area contributed by atoms with Crippen LogP contribution in [-0.2, 0) is 9.59 Å². The number of benzene rings is 1. The van der Waals surface area contributed by atoms with E-state index in [0.717, 1.165) is 0 Å². The lowest BCUT2D eigenvalue weighted by Gasteiger charge is -2.06.